The van der Waals surface area contributed by atoms with E-state index >= 15 is 0 Å². The normalized spacial score (nSPS) is 18.3. The van der Waals surface area contributed by atoms with E-state index in [1.54, 1.807) is 0 Å². The molecule has 16 heteroatoms. The van der Waals surface area contributed by atoms with Gasteiger partial charge in [-0.15, -0.1) is 0 Å². The first kappa shape index (κ1) is 30.9. The summed E-state index contributed by atoms with van der Waals surface area (Å²) in [6.45, 7) is 1.28. The summed E-state index contributed by atoms with van der Waals surface area (Å²) in [5.74, 6) is -4.34. The van der Waals surface area contributed by atoms with Gasteiger partial charge < -0.3 is 48.3 Å². The molecule has 1 rings (SSSR count). The second-order valence-corrected chi connectivity index (χ2v) is 8.64. The van der Waals surface area contributed by atoms with Crippen molar-refractivity contribution in [3.63, 3.8) is 0 Å². The first-order chi connectivity index (χ1) is 16.9. The molecule has 4 amide bonds. The number of carboxylic acid groups (broad SMARTS) is 1. The second-order valence-electron chi connectivity index (χ2n) is 8.27. The smallest absolute Gasteiger partial charge is 0.326 e. The number of rotatable bonds is 14. The predicted octanol–water partition coefficient (Wildman–Crippen LogP) is -4.16. The fourth-order valence-corrected chi connectivity index (χ4v) is 3.87. The van der Waals surface area contributed by atoms with Gasteiger partial charge in [0.2, 0.25) is 23.6 Å². The first-order valence-electron chi connectivity index (χ1n) is 11.4. The summed E-state index contributed by atoms with van der Waals surface area (Å²) in [5, 5.41) is 26.7. The monoisotopic (exact) mass is 532 g/mol. The highest BCUT2D eigenvalue weighted by Crippen LogP contribution is 2.19. The highest BCUT2D eigenvalue weighted by molar-refractivity contribution is 7.80. The Labute approximate surface area is 214 Å². The maximum Gasteiger partial charge on any atom is 0.326 e. The third kappa shape index (κ3) is 9.50. The van der Waals surface area contributed by atoms with E-state index in [-0.39, 0.29) is 37.8 Å². The van der Waals surface area contributed by atoms with Crippen molar-refractivity contribution >= 4 is 48.2 Å². The van der Waals surface area contributed by atoms with E-state index in [0.717, 1.165) is 4.90 Å². The van der Waals surface area contributed by atoms with Gasteiger partial charge in [-0.25, -0.2) is 4.79 Å². The molecule has 5 atom stereocenters. The van der Waals surface area contributed by atoms with Gasteiger partial charge in [-0.2, -0.15) is 12.6 Å². The number of guanidine groups is 1. The Bertz CT molecular complexity index is 837. The number of aliphatic carboxylic acids is 1. The van der Waals surface area contributed by atoms with Crippen LogP contribution in [0.3, 0.4) is 0 Å². The van der Waals surface area contributed by atoms with Crippen LogP contribution >= 0.6 is 12.6 Å². The molecule has 0 aliphatic carbocycles. The minimum Gasteiger partial charge on any atom is -0.480 e. The SMILES string of the molecule is C[C@@H](O)[C@H](NC(=O)[C@H](CCCN=C(N)N)NC(=O)CN)C(=O)N[C@@H](CS)C(=O)N1CCC[C@H]1C(=O)O. The molecule has 0 radical (unpaired) electrons. The van der Waals surface area contributed by atoms with Gasteiger partial charge in [0, 0.05) is 18.8 Å². The van der Waals surface area contributed by atoms with Crippen molar-refractivity contribution in [2.75, 3.05) is 25.4 Å². The number of hydrogen-bond donors (Lipinski definition) is 9. The predicted molar refractivity (Wildman–Crippen MR) is 133 cm³/mol. The Hall–Kier alpha value is -3.11. The lowest BCUT2D eigenvalue weighted by Gasteiger charge is -2.29. The first-order valence-corrected chi connectivity index (χ1v) is 12.0. The fraction of sp³-hybridized carbons (Fsp3) is 0.700. The van der Waals surface area contributed by atoms with Crippen molar-refractivity contribution < 1.29 is 34.2 Å². The van der Waals surface area contributed by atoms with E-state index < -0.39 is 59.9 Å². The molecule has 0 aromatic rings. The van der Waals surface area contributed by atoms with Crippen molar-refractivity contribution in [3.05, 3.63) is 0 Å². The van der Waals surface area contributed by atoms with Crippen LogP contribution in [0.5, 0.6) is 0 Å². The van der Waals surface area contributed by atoms with Gasteiger partial charge >= 0.3 is 5.97 Å². The highest BCUT2D eigenvalue weighted by atomic mass is 32.1. The number of likely N-dealkylation sites (tertiary alicyclic amines) is 1. The Morgan fingerprint density at radius 2 is 1.78 bits per heavy atom. The molecule has 0 spiro atoms. The van der Waals surface area contributed by atoms with Gasteiger partial charge in [-0.3, -0.25) is 24.2 Å². The quantitative estimate of drug-likeness (QED) is 0.0451. The van der Waals surface area contributed by atoms with Crippen molar-refractivity contribution in [1.82, 2.24) is 20.9 Å². The topological polar surface area (TPSA) is 256 Å². The number of amides is 4. The number of nitrogens with one attached hydrogen (secondary N) is 3. The average molecular weight is 533 g/mol. The summed E-state index contributed by atoms with van der Waals surface area (Å²) in [6.07, 6.45) is -0.175. The second kappa shape index (κ2) is 15.1. The Balaban J connectivity index is 2.92. The number of thiol groups is 1. The summed E-state index contributed by atoms with van der Waals surface area (Å²) < 4.78 is 0. The van der Waals surface area contributed by atoms with Crippen molar-refractivity contribution in [3.8, 4) is 0 Å². The maximum absolute atomic E-state index is 12.9. The summed E-state index contributed by atoms with van der Waals surface area (Å²) in [6, 6.07) is -4.79. The minimum absolute atomic E-state index is 0.103. The van der Waals surface area contributed by atoms with Gasteiger partial charge in [0.25, 0.3) is 0 Å². The number of carboxylic acids is 1. The van der Waals surface area contributed by atoms with Gasteiger partial charge in [0.15, 0.2) is 5.96 Å². The lowest BCUT2D eigenvalue weighted by molar-refractivity contribution is -0.149. The molecule has 0 unspecified atom stereocenters. The lowest BCUT2D eigenvalue weighted by atomic mass is 10.1. The summed E-state index contributed by atoms with van der Waals surface area (Å²) in [4.78, 5) is 66.8. The number of aliphatic hydroxyl groups is 1. The van der Waals surface area contributed by atoms with Crippen LogP contribution in [0.25, 0.3) is 0 Å². The molecule has 36 heavy (non-hydrogen) atoms. The minimum atomic E-state index is -1.49. The number of aliphatic imine (C=N–C) groups is 1. The van der Waals surface area contributed by atoms with Crippen molar-refractivity contribution in [2.45, 2.75) is 62.9 Å². The van der Waals surface area contributed by atoms with Crippen LogP contribution in [0.1, 0.15) is 32.6 Å². The van der Waals surface area contributed by atoms with E-state index in [2.05, 4.69) is 33.6 Å². The number of nitrogens with two attached hydrogens (primary N) is 3. The number of hydrogen-bond acceptors (Lipinski definition) is 9. The Morgan fingerprint density at radius 1 is 1.11 bits per heavy atom. The molecule has 15 nitrogen and oxygen atoms in total. The number of nitrogens with zero attached hydrogens (tertiary/aromatic N) is 2. The molecule has 1 aliphatic heterocycles. The van der Waals surface area contributed by atoms with Crippen molar-refractivity contribution in [1.29, 1.82) is 0 Å². The third-order valence-corrected chi connectivity index (χ3v) is 5.83. The molecule has 0 aromatic heterocycles. The molecular weight excluding hydrogens is 496 g/mol. The van der Waals surface area contributed by atoms with Crippen LogP contribution in [-0.4, -0.2) is 106 Å². The molecule has 204 valence electrons. The van der Waals surface area contributed by atoms with Gasteiger partial charge in [-0.1, -0.05) is 0 Å². The molecule has 0 aromatic carbocycles. The molecular formula is C20H36N8O7S. The number of carbonyl (C=O) groups excluding carboxylic acids is 4. The molecule has 1 saturated heterocycles. The van der Waals surface area contributed by atoms with Crippen LogP contribution in [0.4, 0.5) is 0 Å². The molecule has 1 heterocycles. The molecule has 1 fully saturated rings. The molecule has 0 saturated carbocycles. The van der Waals surface area contributed by atoms with Gasteiger partial charge in [0.1, 0.15) is 24.2 Å². The summed E-state index contributed by atoms with van der Waals surface area (Å²) >= 11 is 4.09. The third-order valence-electron chi connectivity index (χ3n) is 5.46. The van der Waals surface area contributed by atoms with Crippen molar-refractivity contribution in [2.24, 2.45) is 22.2 Å². The number of aliphatic hydroxyl groups excluding tert-OH is 1. The molecule has 11 N–H and O–H groups in total. The average Bonchev–Trinajstić information content (AvgIpc) is 3.32. The summed E-state index contributed by atoms with van der Waals surface area (Å²) in [7, 11) is 0. The van der Waals surface area contributed by atoms with E-state index in [4.69, 9.17) is 17.2 Å². The van der Waals surface area contributed by atoms with E-state index in [9.17, 15) is 34.2 Å². The van der Waals surface area contributed by atoms with Crippen LogP contribution in [0.15, 0.2) is 4.99 Å². The zero-order chi connectivity index (χ0) is 27.4. The van der Waals surface area contributed by atoms with E-state index in [1.807, 2.05) is 0 Å². The van der Waals surface area contributed by atoms with E-state index in [1.165, 1.54) is 6.92 Å². The van der Waals surface area contributed by atoms with Crippen LogP contribution in [0.2, 0.25) is 0 Å². The Kier molecular flexibility index (Phi) is 13.0. The van der Waals surface area contributed by atoms with Gasteiger partial charge in [-0.05, 0) is 32.6 Å². The highest BCUT2D eigenvalue weighted by Gasteiger charge is 2.38. The fourth-order valence-electron chi connectivity index (χ4n) is 3.62. The Morgan fingerprint density at radius 3 is 2.31 bits per heavy atom. The van der Waals surface area contributed by atoms with Gasteiger partial charge in [0.05, 0.1) is 12.6 Å². The molecule has 0 bridgehead atoms. The lowest BCUT2D eigenvalue weighted by Crippen LogP contribution is -2.61. The zero-order valence-corrected chi connectivity index (χ0v) is 20.9. The van der Waals surface area contributed by atoms with E-state index in [0.29, 0.717) is 19.3 Å². The van der Waals surface area contributed by atoms with Crippen LogP contribution in [-0.2, 0) is 24.0 Å². The largest absolute Gasteiger partial charge is 0.480 e. The number of carbonyl (C=O) groups is 5. The zero-order valence-electron chi connectivity index (χ0n) is 20.1. The standard InChI is InChI=1S/C20H36N8O7S/c1-10(29)15(27-16(31)11(25-14(30)8-21)4-2-6-24-20(22)23)17(32)26-12(9-36)18(33)28-7-3-5-13(28)19(34)35/h10-13,15,29,36H,2-9,21H2,1H3,(H,25,30)(H,26,32)(H,27,31)(H,34,35)(H4,22,23,24)/t10-,11+,12+,13+,15+/m1/s1. The van der Waals surface area contributed by atoms with Crippen LogP contribution < -0.4 is 33.2 Å². The maximum atomic E-state index is 12.9. The van der Waals surface area contributed by atoms with Crippen LogP contribution in [0, 0.1) is 0 Å². The summed E-state index contributed by atoms with van der Waals surface area (Å²) in [5.41, 5.74) is 15.8. The molecule has 1 aliphatic rings.